The summed E-state index contributed by atoms with van der Waals surface area (Å²) in [6.07, 6.45) is 3.57. The molecule has 1 aliphatic rings. The lowest BCUT2D eigenvalue weighted by atomic mass is 10.1. The van der Waals surface area contributed by atoms with Gasteiger partial charge in [0.15, 0.2) is 4.33 Å². The van der Waals surface area contributed by atoms with Gasteiger partial charge in [-0.15, -0.1) is 11.6 Å². The molecule has 0 radical (unpaired) electrons. The highest BCUT2D eigenvalue weighted by Crippen LogP contribution is 2.61. The van der Waals surface area contributed by atoms with Crippen molar-refractivity contribution in [1.29, 1.82) is 0 Å². The Morgan fingerprint density at radius 1 is 1.25 bits per heavy atom. The molecule has 0 saturated heterocycles. The molecular formula is C14H16Cl3O2P. The predicted molar refractivity (Wildman–Crippen MR) is 87.2 cm³/mol. The van der Waals surface area contributed by atoms with Crippen molar-refractivity contribution in [2.24, 2.45) is 0 Å². The molecule has 1 aromatic rings. The van der Waals surface area contributed by atoms with Crippen molar-refractivity contribution in [2.45, 2.75) is 22.0 Å². The molecule has 1 aliphatic heterocycles. The first kappa shape index (κ1) is 16.4. The van der Waals surface area contributed by atoms with Gasteiger partial charge in [-0.05, 0) is 13.0 Å². The molecular weight excluding hydrogens is 337 g/mol. The smallest absolute Gasteiger partial charge is 0.159 e. The lowest BCUT2D eigenvalue weighted by Gasteiger charge is -2.32. The van der Waals surface area contributed by atoms with Gasteiger partial charge >= 0.3 is 0 Å². The van der Waals surface area contributed by atoms with E-state index < -0.39 is 22.2 Å². The number of alkyl halides is 3. The second kappa shape index (κ2) is 5.66. The maximum absolute atomic E-state index is 13.6. The third-order valence-electron chi connectivity index (χ3n) is 3.55. The predicted octanol–water partition coefficient (Wildman–Crippen LogP) is 4.39. The fourth-order valence-electron chi connectivity index (χ4n) is 2.28. The number of benzene rings is 1. The van der Waals surface area contributed by atoms with Crippen LogP contribution >= 0.6 is 41.9 Å². The Hall–Kier alpha value is 0.0200. The second-order valence-corrected chi connectivity index (χ2v) is 10.3. The minimum atomic E-state index is -3.05. The maximum atomic E-state index is 13.6. The van der Waals surface area contributed by atoms with Crippen LogP contribution in [0, 0.1) is 0 Å². The third kappa shape index (κ3) is 2.96. The van der Waals surface area contributed by atoms with E-state index in [4.69, 9.17) is 39.5 Å². The van der Waals surface area contributed by atoms with Crippen LogP contribution in [0.1, 0.15) is 6.92 Å². The van der Waals surface area contributed by atoms with Crippen LogP contribution in [0.25, 0.3) is 0 Å². The minimum absolute atomic E-state index is 0.256. The Kier molecular flexibility index (Phi) is 4.64. The third-order valence-corrected chi connectivity index (χ3v) is 9.47. The summed E-state index contributed by atoms with van der Waals surface area (Å²) in [5.41, 5.74) is -0.718. The molecule has 110 valence electrons. The van der Waals surface area contributed by atoms with Crippen molar-refractivity contribution < 1.29 is 9.30 Å². The number of halogens is 3. The van der Waals surface area contributed by atoms with Crippen LogP contribution in [-0.4, -0.2) is 28.3 Å². The van der Waals surface area contributed by atoms with E-state index in [2.05, 4.69) is 0 Å². The van der Waals surface area contributed by atoms with Crippen molar-refractivity contribution in [3.05, 3.63) is 42.5 Å². The summed E-state index contributed by atoms with van der Waals surface area (Å²) in [6, 6.07) is 9.10. The molecule has 0 aliphatic carbocycles. The lowest BCUT2D eigenvalue weighted by Crippen LogP contribution is -2.33. The summed E-state index contributed by atoms with van der Waals surface area (Å²) >= 11 is 18.9. The van der Waals surface area contributed by atoms with E-state index in [-0.39, 0.29) is 6.16 Å². The first-order chi connectivity index (χ1) is 9.23. The first-order valence-corrected chi connectivity index (χ1v) is 9.31. The molecule has 3 atom stereocenters. The summed E-state index contributed by atoms with van der Waals surface area (Å²) in [7, 11) is -1.48. The van der Waals surface area contributed by atoms with E-state index in [0.29, 0.717) is 5.30 Å². The Morgan fingerprint density at radius 3 is 2.40 bits per heavy atom. The van der Waals surface area contributed by atoms with Gasteiger partial charge in [0, 0.05) is 18.6 Å². The molecule has 2 nitrogen and oxygen atoms in total. The van der Waals surface area contributed by atoms with Crippen LogP contribution in [0.3, 0.4) is 0 Å². The van der Waals surface area contributed by atoms with Crippen LogP contribution in [0.2, 0.25) is 0 Å². The summed E-state index contributed by atoms with van der Waals surface area (Å²) in [6.45, 7) is 1.85. The first-order valence-electron chi connectivity index (χ1n) is 6.15. The van der Waals surface area contributed by atoms with E-state index >= 15 is 0 Å². The van der Waals surface area contributed by atoms with Gasteiger partial charge in [0.1, 0.15) is 12.3 Å². The van der Waals surface area contributed by atoms with Gasteiger partial charge < -0.3 is 9.30 Å². The number of hydrogen-bond acceptors (Lipinski definition) is 2. The zero-order valence-corrected chi connectivity index (χ0v) is 14.4. The van der Waals surface area contributed by atoms with Crippen LogP contribution < -0.4 is 5.30 Å². The largest absolute Gasteiger partial charge is 0.374 e. The van der Waals surface area contributed by atoms with Crippen molar-refractivity contribution in [2.75, 3.05) is 13.3 Å². The molecule has 0 saturated carbocycles. The number of ether oxygens (including phenoxy) is 1. The summed E-state index contributed by atoms with van der Waals surface area (Å²) in [4.78, 5) is 0. The Balaban J connectivity index is 2.59. The highest BCUT2D eigenvalue weighted by Gasteiger charge is 2.51. The van der Waals surface area contributed by atoms with E-state index in [0.717, 1.165) is 0 Å². The topological polar surface area (TPSA) is 26.3 Å². The van der Waals surface area contributed by atoms with Crippen LogP contribution in [0.4, 0.5) is 0 Å². The monoisotopic (exact) mass is 352 g/mol. The minimum Gasteiger partial charge on any atom is -0.374 e. The lowest BCUT2D eigenvalue weighted by molar-refractivity contribution is 0.0683. The molecule has 0 spiro atoms. The Labute approximate surface area is 134 Å². The molecule has 1 heterocycles. The van der Waals surface area contributed by atoms with Gasteiger partial charge in [0.2, 0.25) is 0 Å². The molecule has 0 aromatic heterocycles. The fraction of sp³-hybridized carbons (Fsp3) is 0.429. The highest BCUT2D eigenvalue weighted by atomic mass is 35.5. The average molecular weight is 354 g/mol. The highest BCUT2D eigenvalue weighted by molar-refractivity contribution is 7.74. The molecule has 20 heavy (non-hydrogen) atoms. The molecule has 0 fully saturated rings. The number of rotatable bonds is 2. The average Bonchev–Trinajstić information content (AvgIpc) is 2.51. The zero-order valence-electron chi connectivity index (χ0n) is 11.2. The van der Waals surface area contributed by atoms with Gasteiger partial charge in [0.25, 0.3) is 0 Å². The van der Waals surface area contributed by atoms with E-state index in [1.807, 2.05) is 25.1 Å². The van der Waals surface area contributed by atoms with Gasteiger partial charge in [0.05, 0.1) is 5.60 Å². The van der Waals surface area contributed by atoms with Crippen LogP contribution in [0.15, 0.2) is 42.5 Å². The SMILES string of the molecule is COC1(C)C=CC(Cl)(Cl)C(Cl)P(=O)(c2ccccc2)C1. The Bertz CT molecular complexity index is 559. The molecule has 0 amide bonds. The summed E-state index contributed by atoms with van der Waals surface area (Å²) < 4.78 is 17.6. The van der Waals surface area contributed by atoms with E-state index in [9.17, 15) is 4.57 Å². The second-order valence-electron chi connectivity index (χ2n) is 5.15. The number of hydrogen-bond donors (Lipinski definition) is 0. The molecule has 1 aromatic carbocycles. The van der Waals surface area contributed by atoms with Crippen molar-refractivity contribution in [3.8, 4) is 0 Å². The van der Waals surface area contributed by atoms with Gasteiger partial charge in [-0.2, -0.15) is 0 Å². The fourth-order valence-corrected chi connectivity index (χ4v) is 7.06. The normalized spacial score (nSPS) is 36.5. The number of methoxy groups -OCH3 is 1. The number of allylic oxidation sites excluding steroid dienone is 1. The quantitative estimate of drug-likeness (QED) is 0.448. The summed E-state index contributed by atoms with van der Waals surface area (Å²) in [5.74, 6) is 0. The standard InChI is InChI=1S/C14H16Cl3O2P/c1-13(19-2)8-9-14(16,17)12(15)20(18,10-13)11-6-4-3-5-7-11/h3-9,12H,10H2,1-2H3. The van der Waals surface area contributed by atoms with Crippen molar-refractivity contribution in [3.63, 3.8) is 0 Å². The van der Waals surface area contributed by atoms with Crippen molar-refractivity contribution >= 4 is 47.2 Å². The molecule has 0 bridgehead atoms. The van der Waals surface area contributed by atoms with Gasteiger partial charge in [-0.25, -0.2) is 0 Å². The van der Waals surface area contributed by atoms with Gasteiger partial charge in [-0.1, -0.05) is 59.6 Å². The molecule has 2 rings (SSSR count). The van der Waals surface area contributed by atoms with Crippen LogP contribution in [0.5, 0.6) is 0 Å². The summed E-state index contributed by atoms with van der Waals surface area (Å²) in [5, 5.41) is -0.244. The molecule has 6 heteroatoms. The maximum Gasteiger partial charge on any atom is 0.159 e. The Morgan fingerprint density at radius 2 is 1.85 bits per heavy atom. The van der Waals surface area contributed by atoms with E-state index in [1.54, 1.807) is 31.4 Å². The van der Waals surface area contributed by atoms with Gasteiger partial charge in [-0.3, -0.25) is 0 Å². The zero-order chi connectivity index (χ0) is 15.0. The van der Waals surface area contributed by atoms with E-state index in [1.165, 1.54) is 0 Å². The molecule has 0 N–H and O–H groups in total. The molecule has 3 unspecified atom stereocenters. The van der Waals surface area contributed by atoms with Crippen LogP contribution in [-0.2, 0) is 9.30 Å². The van der Waals surface area contributed by atoms with Crippen molar-refractivity contribution in [1.82, 2.24) is 0 Å².